The second kappa shape index (κ2) is 10.3. The van der Waals surface area contributed by atoms with Crippen LogP contribution in [-0.2, 0) is 14.9 Å². The molecule has 37 heavy (non-hydrogen) atoms. The van der Waals surface area contributed by atoms with Gasteiger partial charge in [0.05, 0.1) is 4.92 Å². The van der Waals surface area contributed by atoms with E-state index in [-0.39, 0.29) is 21.9 Å². The molecular weight excluding hydrogens is 494 g/mol. The fourth-order valence-electron chi connectivity index (χ4n) is 3.58. The molecule has 10 heteroatoms. The number of fused-ring (bicyclic) bond motifs is 1. The zero-order valence-electron chi connectivity index (χ0n) is 19.4. The highest BCUT2D eigenvalue weighted by molar-refractivity contribution is 7.87. The summed E-state index contributed by atoms with van der Waals surface area (Å²) < 4.78 is 30.3. The van der Waals surface area contributed by atoms with Gasteiger partial charge in [0.25, 0.3) is 11.6 Å². The summed E-state index contributed by atoms with van der Waals surface area (Å²) in [4.78, 5) is 22.9. The molecule has 9 nitrogen and oxygen atoms in total. The first-order chi connectivity index (χ1) is 17.7. The maximum atomic E-state index is 12.7. The van der Waals surface area contributed by atoms with Crippen LogP contribution in [-0.4, -0.2) is 19.2 Å². The van der Waals surface area contributed by atoms with Gasteiger partial charge in [-0.05, 0) is 48.2 Å². The zero-order valence-corrected chi connectivity index (χ0v) is 20.2. The molecule has 4 aromatic carbocycles. The van der Waals surface area contributed by atoms with E-state index < -0.39 is 20.9 Å². The summed E-state index contributed by atoms with van der Waals surface area (Å²) in [5.74, 6) is -0.637. The highest BCUT2D eigenvalue weighted by Crippen LogP contribution is 2.26. The molecular formula is C27H19N3O6S. The van der Waals surface area contributed by atoms with E-state index in [1.165, 1.54) is 49.4 Å². The number of carbonyl (C=O) groups excluding carboxylic acids is 1. The molecule has 0 saturated heterocycles. The number of nitriles is 1. The fraction of sp³-hybridized carbons (Fsp3) is 0.0370. The van der Waals surface area contributed by atoms with Crippen molar-refractivity contribution in [1.29, 1.82) is 5.26 Å². The topological polar surface area (TPSA) is 139 Å². The number of carbonyl (C=O) groups is 1. The molecule has 0 unspecified atom stereocenters. The highest BCUT2D eigenvalue weighted by atomic mass is 32.2. The second-order valence-electron chi connectivity index (χ2n) is 7.96. The summed E-state index contributed by atoms with van der Waals surface area (Å²) in [6, 6.07) is 24.0. The van der Waals surface area contributed by atoms with Crippen LogP contribution in [0.5, 0.6) is 5.75 Å². The first-order valence-corrected chi connectivity index (χ1v) is 12.3. The molecule has 0 saturated carbocycles. The van der Waals surface area contributed by atoms with E-state index in [2.05, 4.69) is 5.32 Å². The van der Waals surface area contributed by atoms with Gasteiger partial charge in [-0.1, -0.05) is 54.6 Å². The van der Waals surface area contributed by atoms with Crippen molar-refractivity contribution >= 4 is 44.2 Å². The largest absolute Gasteiger partial charge is 0.379 e. The van der Waals surface area contributed by atoms with Gasteiger partial charge in [-0.25, -0.2) is 0 Å². The Kier molecular flexibility index (Phi) is 6.99. The number of rotatable bonds is 7. The summed E-state index contributed by atoms with van der Waals surface area (Å²) in [7, 11) is -4.33. The van der Waals surface area contributed by atoms with Gasteiger partial charge in [0.2, 0.25) is 0 Å². The average Bonchev–Trinajstić information content (AvgIpc) is 2.88. The number of nitrogens with zero attached hydrogens (tertiary/aromatic N) is 2. The molecule has 0 aliphatic rings. The normalized spacial score (nSPS) is 11.5. The van der Waals surface area contributed by atoms with Crippen molar-refractivity contribution in [2.45, 2.75) is 11.8 Å². The fourth-order valence-corrected chi connectivity index (χ4v) is 4.53. The Morgan fingerprint density at radius 2 is 1.73 bits per heavy atom. The van der Waals surface area contributed by atoms with Crippen LogP contribution in [0.3, 0.4) is 0 Å². The molecule has 1 amide bonds. The summed E-state index contributed by atoms with van der Waals surface area (Å²) in [5.41, 5.74) is 0.852. The van der Waals surface area contributed by atoms with Gasteiger partial charge in [0, 0.05) is 22.7 Å². The summed E-state index contributed by atoms with van der Waals surface area (Å²) in [6.45, 7) is 1.50. The molecule has 1 N–H and O–H groups in total. The molecule has 0 heterocycles. The predicted molar refractivity (Wildman–Crippen MR) is 138 cm³/mol. The van der Waals surface area contributed by atoms with Crippen molar-refractivity contribution in [3.63, 3.8) is 0 Å². The van der Waals surface area contributed by atoms with Crippen molar-refractivity contribution < 1.29 is 22.3 Å². The number of hydrogen-bond acceptors (Lipinski definition) is 7. The molecule has 0 radical (unpaired) electrons. The summed E-state index contributed by atoms with van der Waals surface area (Å²) in [5, 5.41) is 25.2. The van der Waals surface area contributed by atoms with Gasteiger partial charge < -0.3 is 9.50 Å². The molecule has 0 bridgehead atoms. The van der Waals surface area contributed by atoms with E-state index in [1.807, 2.05) is 36.4 Å². The van der Waals surface area contributed by atoms with E-state index in [0.29, 0.717) is 16.8 Å². The SMILES string of the molecule is Cc1ccc(S(=O)(=O)Oc2ccc(/C=C(\C#N)C(=O)Nc3cccc4ccccc34)cc2)cc1[N+](=O)[O-]. The van der Waals surface area contributed by atoms with Crippen molar-refractivity contribution in [3.8, 4) is 11.8 Å². The maximum absolute atomic E-state index is 12.7. The van der Waals surface area contributed by atoms with Gasteiger partial charge in [0.1, 0.15) is 22.3 Å². The van der Waals surface area contributed by atoms with E-state index in [0.717, 1.165) is 16.8 Å². The minimum Gasteiger partial charge on any atom is -0.379 e. The Hall–Kier alpha value is -5.01. The third kappa shape index (κ3) is 5.63. The zero-order chi connectivity index (χ0) is 26.6. The molecule has 4 aromatic rings. The van der Waals surface area contributed by atoms with Crippen LogP contribution in [0.25, 0.3) is 16.8 Å². The Morgan fingerprint density at radius 1 is 1.03 bits per heavy atom. The van der Waals surface area contributed by atoms with Crippen LogP contribution in [0, 0.1) is 28.4 Å². The first kappa shape index (κ1) is 25.1. The van der Waals surface area contributed by atoms with E-state index in [9.17, 15) is 28.6 Å². The Balaban J connectivity index is 1.52. The number of aryl methyl sites for hydroxylation is 1. The van der Waals surface area contributed by atoms with Gasteiger partial charge in [-0.15, -0.1) is 0 Å². The Labute approximate surface area is 212 Å². The molecule has 0 fully saturated rings. The van der Waals surface area contributed by atoms with Crippen LogP contribution < -0.4 is 9.50 Å². The maximum Gasteiger partial charge on any atom is 0.339 e. The van der Waals surface area contributed by atoms with Crippen molar-refractivity contribution in [1.82, 2.24) is 0 Å². The van der Waals surface area contributed by atoms with Crippen molar-refractivity contribution in [2.24, 2.45) is 0 Å². The number of hydrogen-bond donors (Lipinski definition) is 1. The molecule has 0 spiro atoms. The lowest BCUT2D eigenvalue weighted by atomic mass is 10.1. The van der Waals surface area contributed by atoms with Gasteiger partial charge in [-0.3, -0.25) is 14.9 Å². The van der Waals surface area contributed by atoms with E-state index in [1.54, 1.807) is 12.1 Å². The molecule has 4 rings (SSSR count). The minimum atomic E-state index is -4.33. The average molecular weight is 514 g/mol. The van der Waals surface area contributed by atoms with Crippen LogP contribution in [0.15, 0.2) is 95.4 Å². The Bertz CT molecular complexity index is 1700. The van der Waals surface area contributed by atoms with Crippen molar-refractivity contribution in [3.05, 3.63) is 112 Å². The molecule has 184 valence electrons. The second-order valence-corrected chi connectivity index (χ2v) is 9.51. The smallest absolute Gasteiger partial charge is 0.339 e. The monoisotopic (exact) mass is 513 g/mol. The number of nitro benzene ring substituents is 1. The van der Waals surface area contributed by atoms with Crippen LogP contribution in [0.2, 0.25) is 0 Å². The number of nitro groups is 1. The third-order valence-electron chi connectivity index (χ3n) is 5.47. The highest BCUT2D eigenvalue weighted by Gasteiger charge is 2.22. The predicted octanol–water partition coefficient (Wildman–Crippen LogP) is 5.37. The van der Waals surface area contributed by atoms with Gasteiger partial charge in [-0.2, -0.15) is 13.7 Å². The summed E-state index contributed by atoms with van der Waals surface area (Å²) >= 11 is 0. The summed E-state index contributed by atoms with van der Waals surface area (Å²) in [6.07, 6.45) is 1.36. The van der Waals surface area contributed by atoms with Crippen molar-refractivity contribution in [2.75, 3.05) is 5.32 Å². The van der Waals surface area contributed by atoms with Crippen LogP contribution >= 0.6 is 0 Å². The van der Waals surface area contributed by atoms with Gasteiger partial charge >= 0.3 is 10.1 Å². The van der Waals surface area contributed by atoms with E-state index in [4.69, 9.17) is 4.18 Å². The molecule has 0 atom stereocenters. The lowest BCUT2D eigenvalue weighted by Gasteiger charge is -2.09. The number of nitrogens with one attached hydrogen (secondary N) is 1. The standard InChI is InChI=1S/C27H19N3O6S/c1-18-9-14-23(16-26(18)30(32)33)37(34,35)36-22-12-10-19(11-13-22)15-21(17-28)27(31)29-25-8-4-6-20-5-2-3-7-24(20)25/h2-16H,1H3,(H,29,31)/b21-15+. The van der Waals surface area contributed by atoms with E-state index >= 15 is 0 Å². The molecule has 0 aliphatic carbocycles. The number of amides is 1. The number of benzene rings is 4. The van der Waals surface area contributed by atoms with Gasteiger partial charge in [0.15, 0.2) is 0 Å². The lowest BCUT2D eigenvalue weighted by Crippen LogP contribution is -2.13. The Morgan fingerprint density at radius 3 is 2.43 bits per heavy atom. The van der Waals surface area contributed by atoms with Crippen LogP contribution in [0.1, 0.15) is 11.1 Å². The third-order valence-corrected chi connectivity index (χ3v) is 6.71. The number of anilines is 1. The van der Waals surface area contributed by atoms with Crippen LogP contribution in [0.4, 0.5) is 11.4 Å². The first-order valence-electron chi connectivity index (χ1n) is 10.9. The quantitative estimate of drug-likeness (QED) is 0.115. The molecule has 0 aliphatic heterocycles. The minimum absolute atomic E-state index is 0.0425. The lowest BCUT2D eigenvalue weighted by molar-refractivity contribution is -0.385. The molecule has 0 aromatic heterocycles.